The molecule has 0 aliphatic heterocycles. The topological polar surface area (TPSA) is 116 Å². The summed E-state index contributed by atoms with van der Waals surface area (Å²) in [5.74, 6) is -1.55. The minimum absolute atomic E-state index is 0.0429. The van der Waals surface area contributed by atoms with Crippen LogP contribution in [-0.4, -0.2) is 42.6 Å². The molecule has 2 N–H and O–H groups in total. The summed E-state index contributed by atoms with van der Waals surface area (Å²) in [6.07, 6.45) is -3.52. The monoisotopic (exact) mass is 464 g/mol. The van der Waals surface area contributed by atoms with Crippen LogP contribution in [0.1, 0.15) is 22.3 Å². The predicted molar refractivity (Wildman–Crippen MR) is 101 cm³/mol. The minimum Gasteiger partial charge on any atom is -0.493 e. The second-order valence-electron chi connectivity index (χ2n) is 6.12. The first-order chi connectivity index (χ1) is 15.0. The average Bonchev–Trinajstić information content (AvgIpc) is 2.72. The Labute approximate surface area is 177 Å². The molecular formula is C18H17F5N4O5. The van der Waals surface area contributed by atoms with E-state index in [2.05, 4.69) is 20.4 Å². The van der Waals surface area contributed by atoms with Crippen LogP contribution in [0.3, 0.4) is 0 Å². The Kier molecular flexibility index (Phi) is 8.09. The van der Waals surface area contributed by atoms with Crippen molar-refractivity contribution in [1.29, 1.82) is 0 Å². The number of aromatic nitrogens is 1. The van der Waals surface area contributed by atoms with Gasteiger partial charge in [-0.2, -0.15) is 22.0 Å². The molecule has 0 radical (unpaired) electrons. The second-order valence-corrected chi connectivity index (χ2v) is 6.12. The molecule has 0 aliphatic rings. The van der Waals surface area contributed by atoms with E-state index >= 15 is 0 Å². The highest BCUT2D eigenvalue weighted by atomic mass is 19.4. The van der Waals surface area contributed by atoms with Crippen LogP contribution >= 0.6 is 0 Å². The normalized spacial score (nSPS) is 11.2. The van der Waals surface area contributed by atoms with Crippen molar-refractivity contribution in [2.24, 2.45) is 0 Å². The van der Waals surface area contributed by atoms with Gasteiger partial charge in [-0.15, -0.1) is 0 Å². The van der Waals surface area contributed by atoms with Crippen molar-refractivity contribution in [2.45, 2.75) is 19.2 Å². The summed E-state index contributed by atoms with van der Waals surface area (Å²) >= 11 is 0. The molecule has 0 saturated heterocycles. The third-order valence-electron chi connectivity index (χ3n) is 3.98. The van der Waals surface area contributed by atoms with Crippen LogP contribution in [0.25, 0.3) is 0 Å². The Balaban J connectivity index is 1.95. The summed E-state index contributed by atoms with van der Waals surface area (Å²) in [6, 6.07) is 3.60. The zero-order chi connectivity index (χ0) is 23.9. The lowest BCUT2D eigenvalue weighted by Gasteiger charge is -2.12. The standard InChI is InChI=1S/C18H17F5N4O5/c1-31-13-7-11(12(27(29)30)8-14(13)32-17(19)20)16(28)25-6-2-5-24-15-4-3-10(9-26-15)18(21,22)23/h3-4,7-9,17H,2,5-6H2,1H3,(H,24,26)(H,25,28). The van der Waals surface area contributed by atoms with Gasteiger partial charge in [-0.1, -0.05) is 0 Å². The summed E-state index contributed by atoms with van der Waals surface area (Å²) < 4.78 is 71.5. The molecule has 0 fully saturated rings. The molecule has 14 heteroatoms. The van der Waals surface area contributed by atoms with Crippen molar-refractivity contribution in [3.63, 3.8) is 0 Å². The maximum atomic E-state index is 12.5. The van der Waals surface area contributed by atoms with Gasteiger partial charge in [-0.25, -0.2) is 4.98 Å². The van der Waals surface area contributed by atoms with Gasteiger partial charge in [-0.3, -0.25) is 14.9 Å². The van der Waals surface area contributed by atoms with E-state index in [0.29, 0.717) is 18.7 Å². The smallest absolute Gasteiger partial charge is 0.417 e. The van der Waals surface area contributed by atoms with Gasteiger partial charge in [0.15, 0.2) is 11.5 Å². The van der Waals surface area contributed by atoms with Crippen molar-refractivity contribution >= 4 is 17.4 Å². The predicted octanol–water partition coefficient (Wildman–Crippen LogP) is 3.85. The Hall–Kier alpha value is -3.71. The zero-order valence-corrected chi connectivity index (χ0v) is 16.4. The van der Waals surface area contributed by atoms with Crippen LogP contribution in [0, 0.1) is 10.1 Å². The first-order valence-corrected chi connectivity index (χ1v) is 8.89. The Morgan fingerprint density at radius 3 is 2.47 bits per heavy atom. The number of hydrogen-bond acceptors (Lipinski definition) is 7. The van der Waals surface area contributed by atoms with Gasteiger partial charge in [0.25, 0.3) is 11.6 Å². The van der Waals surface area contributed by atoms with Crippen molar-refractivity contribution in [2.75, 3.05) is 25.5 Å². The molecule has 1 aromatic heterocycles. The molecule has 0 unspecified atom stereocenters. The van der Waals surface area contributed by atoms with E-state index in [1.807, 2.05) is 0 Å². The summed E-state index contributed by atoms with van der Waals surface area (Å²) in [5, 5.41) is 16.4. The van der Waals surface area contributed by atoms with E-state index in [1.165, 1.54) is 0 Å². The van der Waals surface area contributed by atoms with Gasteiger partial charge in [0.2, 0.25) is 0 Å². The molecule has 2 aromatic rings. The third kappa shape index (κ3) is 6.65. The van der Waals surface area contributed by atoms with E-state index in [0.717, 1.165) is 25.3 Å². The molecular weight excluding hydrogens is 447 g/mol. The molecule has 1 heterocycles. The number of hydrogen-bond donors (Lipinski definition) is 2. The molecule has 174 valence electrons. The van der Waals surface area contributed by atoms with Gasteiger partial charge < -0.3 is 20.1 Å². The van der Waals surface area contributed by atoms with Crippen molar-refractivity contribution < 1.29 is 41.1 Å². The maximum Gasteiger partial charge on any atom is 0.417 e. The van der Waals surface area contributed by atoms with Crippen LogP contribution in [-0.2, 0) is 6.18 Å². The number of methoxy groups -OCH3 is 1. The van der Waals surface area contributed by atoms with E-state index < -0.39 is 46.2 Å². The molecule has 0 atom stereocenters. The van der Waals surface area contributed by atoms with Crippen LogP contribution in [0.15, 0.2) is 30.5 Å². The van der Waals surface area contributed by atoms with Crippen LogP contribution in [0.5, 0.6) is 11.5 Å². The number of carbonyl (C=O) groups is 1. The molecule has 0 spiro atoms. The Morgan fingerprint density at radius 2 is 1.94 bits per heavy atom. The fourth-order valence-electron chi connectivity index (χ4n) is 2.50. The molecule has 32 heavy (non-hydrogen) atoms. The summed E-state index contributed by atoms with van der Waals surface area (Å²) in [7, 11) is 1.11. The number of ether oxygens (including phenoxy) is 2. The number of anilines is 1. The summed E-state index contributed by atoms with van der Waals surface area (Å²) in [4.78, 5) is 26.3. The van der Waals surface area contributed by atoms with Crippen molar-refractivity contribution in [3.05, 3.63) is 51.7 Å². The van der Waals surface area contributed by atoms with Gasteiger partial charge in [0.1, 0.15) is 11.4 Å². The van der Waals surface area contributed by atoms with E-state index in [4.69, 9.17) is 4.74 Å². The SMILES string of the molecule is COc1cc(C(=O)NCCCNc2ccc(C(F)(F)F)cn2)c([N+](=O)[O-])cc1OC(F)F. The first-order valence-electron chi connectivity index (χ1n) is 8.89. The van der Waals surface area contributed by atoms with E-state index in [9.17, 15) is 36.9 Å². The number of halogens is 5. The quantitative estimate of drug-likeness (QED) is 0.238. The lowest BCUT2D eigenvalue weighted by Crippen LogP contribution is -2.26. The van der Waals surface area contributed by atoms with Gasteiger partial charge in [-0.05, 0) is 18.6 Å². The Bertz CT molecular complexity index is 954. The highest BCUT2D eigenvalue weighted by molar-refractivity contribution is 5.99. The number of nitrogens with one attached hydrogen (secondary N) is 2. The van der Waals surface area contributed by atoms with Crippen LogP contribution < -0.4 is 20.1 Å². The zero-order valence-electron chi connectivity index (χ0n) is 16.4. The second kappa shape index (κ2) is 10.5. The van der Waals surface area contributed by atoms with E-state index in [-0.39, 0.29) is 24.7 Å². The average molecular weight is 464 g/mol. The molecule has 1 aromatic carbocycles. The van der Waals surface area contributed by atoms with Crippen molar-refractivity contribution in [3.8, 4) is 11.5 Å². The van der Waals surface area contributed by atoms with Crippen LogP contribution in [0.2, 0.25) is 0 Å². The number of amides is 1. The number of benzene rings is 1. The van der Waals surface area contributed by atoms with Crippen molar-refractivity contribution in [1.82, 2.24) is 10.3 Å². The molecule has 0 saturated carbocycles. The fourth-order valence-corrected chi connectivity index (χ4v) is 2.50. The van der Waals surface area contributed by atoms with Gasteiger partial charge in [0, 0.05) is 25.4 Å². The highest BCUT2D eigenvalue weighted by Crippen LogP contribution is 2.35. The minimum atomic E-state index is -4.50. The number of nitro benzene ring substituents is 1. The molecule has 1 amide bonds. The van der Waals surface area contributed by atoms with Gasteiger partial charge >= 0.3 is 12.8 Å². The largest absolute Gasteiger partial charge is 0.493 e. The number of alkyl halides is 5. The number of rotatable bonds is 10. The molecule has 9 nitrogen and oxygen atoms in total. The van der Waals surface area contributed by atoms with E-state index in [1.54, 1.807) is 0 Å². The number of carbonyl (C=O) groups excluding carboxylic acids is 1. The third-order valence-corrected chi connectivity index (χ3v) is 3.98. The molecule has 0 aliphatic carbocycles. The lowest BCUT2D eigenvalue weighted by atomic mass is 10.1. The lowest BCUT2D eigenvalue weighted by molar-refractivity contribution is -0.385. The molecule has 2 rings (SSSR count). The number of nitro groups is 1. The first kappa shape index (κ1) is 24.6. The summed E-state index contributed by atoms with van der Waals surface area (Å²) in [5.41, 5.74) is -2.07. The number of nitrogens with zero attached hydrogens (tertiary/aromatic N) is 2. The highest BCUT2D eigenvalue weighted by Gasteiger charge is 2.30. The Morgan fingerprint density at radius 1 is 1.22 bits per heavy atom. The maximum absolute atomic E-state index is 12.5. The fraction of sp³-hybridized carbons (Fsp3) is 0.333. The number of pyridine rings is 1. The van der Waals surface area contributed by atoms with Gasteiger partial charge in [0.05, 0.1) is 23.7 Å². The van der Waals surface area contributed by atoms with Crippen LogP contribution in [0.4, 0.5) is 33.5 Å². The summed E-state index contributed by atoms with van der Waals surface area (Å²) in [6.45, 7) is -2.98. The molecule has 0 bridgehead atoms.